The van der Waals surface area contributed by atoms with Crippen molar-refractivity contribution in [2.45, 2.75) is 33.1 Å². The van der Waals surface area contributed by atoms with Crippen molar-refractivity contribution in [2.75, 3.05) is 19.7 Å². The predicted molar refractivity (Wildman–Crippen MR) is 82.7 cm³/mol. The zero-order valence-corrected chi connectivity index (χ0v) is 12.9. The Hall–Kier alpha value is -1.55. The molecule has 2 unspecified atom stereocenters. The summed E-state index contributed by atoms with van der Waals surface area (Å²) in [6, 6.07) is 6.19. The molecule has 0 heterocycles. The van der Waals surface area contributed by atoms with E-state index in [1.165, 1.54) is 5.56 Å². The molecule has 1 aliphatic rings. The molecule has 0 aromatic heterocycles. The third-order valence-corrected chi connectivity index (χ3v) is 4.26. The number of hydrogen-bond donors (Lipinski definition) is 2. The molecule has 0 bridgehead atoms. The number of rotatable bonds is 7. The average Bonchev–Trinajstić information content (AvgIpc) is 2.91. The zero-order valence-electron chi connectivity index (χ0n) is 12.9. The van der Waals surface area contributed by atoms with Crippen molar-refractivity contribution in [1.82, 2.24) is 5.32 Å². The third kappa shape index (κ3) is 4.46. The van der Waals surface area contributed by atoms with Gasteiger partial charge in [-0.25, -0.2) is 0 Å². The minimum Gasteiger partial charge on any atom is -0.492 e. The van der Waals surface area contributed by atoms with Crippen molar-refractivity contribution < 1.29 is 14.6 Å². The van der Waals surface area contributed by atoms with Gasteiger partial charge in [0, 0.05) is 6.54 Å². The van der Waals surface area contributed by atoms with E-state index >= 15 is 0 Å². The molecule has 0 radical (unpaired) electrons. The van der Waals surface area contributed by atoms with E-state index in [2.05, 4.69) is 24.4 Å². The highest BCUT2D eigenvalue weighted by molar-refractivity contribution is 5.70. The number of nitrogens with one attached hydrogen (secondary N) is 1. The van der Waals surface area contributed by atoms with Crippen LogP contribution in [0.3, 0.4) is 0 Å². The van der Waals surface area contributed by atoms with Crippen molar-refractivity contribution in [3.63, 3.8) is 0 Å². The highest BCUT2D eigenvalue weighted by Crippen LogP contribution is 2.31. The average molecular weight is 291 g/mol. The van der Waals surface area contributed by atoms with Crippen molar-refractivity contribution in [3.05, 3.63) is 29.3 Å². The number of carboxylic acid groups (broad SMARTS) is 1. The van der Waals surface area contributed by atoms with E-state index in [4.69, 9.17) is 9.84 Å². The number of ether oxygens (including phenoxy) is 1. The number of aliphatic carboxylic acids is 1. The molecule has 0 aliphatic heterocycles. The van der Waals surface area contributed by atoms with Crippen LogP contribution in [0.4, 0.5) is 0 Å². The van der Waals surface area contributed by atoms with Crippen LogP contribution in [0.2, 0.25) is 0 Å². The fraction of sp³-hybridized carbons (Fsp3) is 0.588. The van der Waals surface area contributed by atoms with Gasteiger partial charge in [-0.2, -0.15) is 0 Å². The summed E-state index contributed by atoms with van der Waals surface area (Å²) < 4.78 is 5.78. The summed E-state index contributed by atoms with van der Waals surface area (Å²) in [6.45, 7) is 6.22. The van der Waals surface area contributed by atoms with Gasteiger partial charge < -0.3 is 15.2 Å². The molecule has 21 heavy (non-hydrogen) atoms. The maximum Gasteiger partial charge on any atom is 0.306 e. The Labute approximate surface area is 126 Å². The smallest absolute Gasteiger partial charge is 0.306 e. The van der Waals surface area contributed by atoms with Crippen molar-refractivity contribution in [1.29, 1.82) is 0 Å². The molecular weight excluding hydrogens is 266 g/mol. The highest BCUT2D eigenvalue weighted by Gasteiger charge is 2.32. The summed E-state index contributed by atoms with van der Waals surface area (Å²) in [4.78, 5) is 11.1. The van der Waals surface area contributed by atoms with Gasteiger partial charge >= 0.3 is 5.97 Å². The second-order valence-electron chi connectivity index (χ2n) is 5.96. The summed E-state index contributed by atoms with van der Waals surface area (Å²) >= 11 is 0. The van der Waals surface area contributed by atoms with Gasteiger partial charge in [0.2, 0.25) is 0 Å². The van der Waals surface area contributed by atoms with Crippen molar-refractivity contribution in [3.8, 4) is 5.75 Å². The first-order chi connectivity index (χ1) is 10.1. The summed E-state index contributed by atoms with van der Waals surface area (Å²) in [5, 5.41) is 12.5. The van der Waals surface area contributed by atoms with Gasteiger partial charge in [0.1, 0.15) is 12.4 Å². The number of carboxylic acids is 1. The Morgan fingerprint density at radius 2 is 2.19 bits per heavy atom. The van der Waals surface area contributed by atoms with Gasteiger partial charge in [-0.15, -0.1) is 0 Å². The van der Waals surface area contributed by atoms with Crippen LogP contribution < -0.4 is 10.1 Å². The van der Waals surface area contributed by atoms with Gasteiger partial charge in [-0.05, 0) is 56.3 Å². The summed E-state index contributed by atoms with van der Waals surface area (Å²) in [5.41, 5.74) is 2.33. The van der Waals surface area contributed by atoms with E-state index < -0.39 is 5.97 Å². The Morgan fingerprint density at radius 3 is 2.95 bits per heavy atom. The predicted octanol–water partition coefficient (Wildman–Crippen LogP) is 2.77. The maximum atomic E-state index is 11.1. The first-order valence-corrected chi connectivity index (χ1v) is 7.71. The summed E-state index contributed by atoms with van der Waals surface area (Å²) in [7, 11) is 0. The Kier molecular flexibility index (Phi) is 5.62. The minimum absolute atomic E-state index is 0.169. The quantitative estimate of drug-likeness (QED) is 0.758. The molecule has 2 rings (SSSR count). The molecule has 2 atom stereocenters. The molecule has 4 nitrogen and oxygen atoms in total. The van der Waals surface area contributed by atoms with Crippen LogP contribution in [0, 0.1) is 25.7 Å². The van der Waals surface area contributed by atoms with Crippen molar-refractivity contribution in [2.24, 2.45) is 11.8 Å². The molecule has 4 heteroatoms. The number of hydrogen-bond acceptors (Lipinski definition) is 3. The molecule has 116 valence electrons. The maximum absolute atomic E-state index is 11.1. The van der Waals surface area contributed by atoms with Crippen LogP contribution in [0.15, 0.2) is 18.2 Å². The van der Waals surface area contributed by atoms with E-state index in [-0.39, 0.29) is 11.8 Å². The standard InChI is InChI=1S/C17H25NO3/c1-12-6-7-13(2)16(10-12)21-9-8-18-11-14-4-3-5-15(14)17(19)20/h6-7,10,14-15,18H,3-5,8-9,11H2,1-2H3,(H,19,20). The topological polar surface area (TPSA) is 58.6 Å². The fourth-order valence-corrected chi connectivity index (χ4v) is 2.99. The van der Waals surface area contributed by atoms with Gasteiger partial charge in [-0.1, -0.05) is 18.6 Å². The lowest BCUT2D eigenvalue weighted by atomic mass is 9.96. The lowest BCUT2D eigenvalue weighted by molar-refractivity contribution is -0.142. The molecule has 0 amide bonds. The van der Waals surface area contributed by atoms with Crippen LogP contribution in [0.1, 0.15) is 30.4 Å². The molecular formula is C17H25NO3. The first kappa shape index (κ1) is 15.8. The molecule has 0 spiro atoms. The van der Waals surface area contributed by atoms with Crippen LogP contribution in [-0.4, -0.2) is 30.8 Å². The van der Waals surface area contributed by atoms with Crippen LogP contribution in [-0.2, 0) is 4.79 Å². The Bertz CT molecular complexity index is 487. The van der Waals surface area contributed by atoms with E-state index in [9.17, 15) is 4.79 Å². The number of aryl methyl sites for hydroxylation is 2. The fourth-order valence-electron chi connectivity index (χ4n) is 2.99. The van der Waals surface area contributed by atoms with Crippen LogP contribution >= 0.6 is 0 Å². The van der Waals surface area contributed by atoms with Crippen LogP contribution in [0.5, 0.6) is 5.75 Å². The van der Waals surface area contributed by atoms with E-state index in [0.717, 1.165) is 43.7 Å². The van der Waals surface area contributed by atoms with Gasteiger partial charge in [0.25, 0.3) is 0 Å². The molecule has 1 saturated carbocycles. The monoisotopic (exact) mass is 291 g/mol. The Balaban J connectivity index is 1.68. The summed E-state index contributed by atoms with van der Waals surface area (Å²) in [6.07, 6.45) is 2.87. The highest BCUT2D eigenvalue weighted by atomic mass is 16.5. The molecule has 1 aromatic rings. The number of benzene rings is 1. The molecule has 2 N–H and O–H groups in total. The normalized spacial score (nSPS) is 21.4. The number of carbonyl (C=O) groups is 1. The zero-order chi connectivity index (χ0) is 15.2. The molecule has 1 aliphatic carbocycles. The molecule has 1 aromatic carbocycles. The van der Waals surface area contributed by atoms with E-state index in [0.29, 0.717) is 6.61 Å². The van der Waals surface area contributed by atoms with Gasteiger partial charge in [-0.3, -0.25) is 4.79 Å². The minimum atomic E-state index is -0.647. The van der Waals surface area contributed by atoms with E-state index in [1.807, 2.05) is 13.0 Å². The van der Waals surface area contributed by atoms with Gasteiger partial charge in [0.15, 0.2) is 0 Å². The van der Waals surface area contributed by atoms with E-state index in [1.54, 1.807) is 0 Å². The molecule has 1 fully saturated rings. The SMILES string of the molecule is Cc1ccc(C)c(OCCNCC2CCCC2C(=O)O)c1. The van der Waals surface area contributed by atoms with Crippen molar-refractivity contribution >= 4 is 5.97 Å². The largest absolute Gasteiger partial charge is 0.492 e. The second kappa shape index (κ2) is 7.46. The third-order valence-electron chi connectivity index (χ3n) is 4.26. The van der Waals surface area contributed by atoms with Gasteiger partial charge in [0.05, 0.1) is 5.92 Å². The Morgan fingerprint density at radius 1 is 1.38 bits per heavy atom. The lowest BCUT2D eigenvalue weighted by Gasteiger charge is -2.16. The first-order valence-electron chi connectivity index (χ1n) is 7.71. The second-order valence-corrected chi connectivity index (χ2v) is 5.96. The lowest BCUT2D eigenvalue weighted by Crippen LogP contribution is -2.31. The summed E-state index contributed by atoms with van der Waals surface area (Å²) in [5.74, 6) is 0.382. The van der Waals surface area contributed by atoms with Crippen LogP contribution in [0.25, 0.3) is 0 Å². The molecule has 0 saturated heterocycles.